The van der Waals surface area contributed by atoms with E-state index in [-0.39, 0.29) is 5.91 Å². The summed E-state index contributed by atoms with van der Waals surface area (Å²) < 4.78 is 0. The molecule has 0 aliphatic heterocycles. The van der Waals surface area contributed by atoms with Gasteiger partial charge in [0.1, 0.15) is 0 Å². The zero-order chi connectivity index (χ0) is 11.3. The van der Waals surface area contributed by atoms with Gasteiger partial charge in [-0.25, -0.2) is 0 Å². The Hall–Kier alpha value is -2.10. The van der Waals surface area contributed by atoms with E-state index in [2.05, 4.69) is 0 Å². The van der Waals surface area contributed by atoms with E-state index in [0.29, 0.717) is 0 Å². The molecule has 2 amide bonds. The largest absolute Gasteiger partial charge is 0.366 e. The minimum absolute atomic E-state index is 0.292. The smallest absolute Gasteiger partial charge is 0.250 e. The Kier molecular flexibility index (Phi) is 3.62. The van der Waals surface area contributed by atoms with Crippen LogP contribution in [-0.4, -0.2) is 18.9 Å². The molecule has 0 unspecified atom stereocenters. The molecule has 15 heavy (non-hydrogen) atoms. The van der Waals surface area contributed by atoms with E-state index in [1.165, 1.54) is 4.90 Å². The maximum Gasteiger partial charge on any atom is 0.250 e. The number of amides is 2. The maximum absolute atomic E-state index is 11.5. The lowest BCUT2D eigenvalue weighted by atomic mass is 10.3. The third-order valence-electron chi connectivity index (χ3n) is 1.86. The number of para-hydroxylation sites is 1. The summed E-state index contributed by atoms with van der Waals surface area (Å²) in [6, 6.07) is 9.13. The van der Waals surface area contributed by atoms with Crippen LogP contribution in [0.25, 0.3) is 0 Å². The Morgan fingerprint density at radius 2 is 1.80 bits per heavy atom. The van der Waals surface area contributed by atoms with Crippen molar-refractivity contribution in [3.8, 4) is 0 Å². The van der Waals surface area contributed by atoms with Crippen molar-refractivity contribution < 1.29 is 9.59 Å². The molecule has 1 rings (SSSR count). The summed E-state index contributed by atoms with van der Waals surface area (Å²) in [4.78, 5) is 23.3. The monoisotopic (exact) mass is 204 g/mol. The molecule has 0 bridgehead atoms. The Morgan fingerprint density at radius 1 is 1.20 bits per heavy atom. The zero-order valence-corrected chi connectivity index (χ0v) is 8.38. The molecule has 4 nitrogen and oxygen atoms in total. The summed E-state index contributed by atoms with van der Waals surface area (Å²) in [5.41, 5.74) is 5.64. The normalized spacial score (nSPS) is 10.2. The van der Waals surface area contributed by atoms with Crippen LogP contribution in [0.3, 0.4) is 0 Å². The van der Waals surface area contributed by atoms with Gasteiger partial charge < -0.3 is 10.6 Å². The first kappa shape index (κ1) is 11.0. The second kappa shape index (κ2) is 4.95. The molecular formula is C11H12N2O2. The highest BCUT2D eigenvalue weighted by Crippen LogP contribution is 2.10. The van der Waals surface area contributed by atoms with Gasteiger partial charge in [0.2, 0.25) is 5.91 Å². The zero-order valence-electron chi connectivity index (χ0n) is 8.38. The Balaban J connectivity index is 2.74. The SMILES string of the molecule is CN(C(=O)/C=C\C(N)=O)c1ccccc1. The van der Waals surface area contributed by atoms with Crippen LogP contribution in [0.1, 0.15) is 0 Å². The number of hydrogen-bond acceptors (Lipinski definition) is 2. The van der Waals surface area contributed by atoms with Crippen molar-refractivity contribution in [3.05, 3.63) is 42.5 Å². The molecule has 0 aromatic heterocycles. The quantitative estimate of drug-likeness (QED) is 0.736. The second-order valence-corrected chi connectivity index (χ2v) is 2.97. The number of carbonyl (C=O) groups is 2. The van der Waals surface area contributed by atoms with E-state index in [0.717, 1.165) is 17.8 Å². The first-order valence-electron chi connectivity index (χ1n) is 4.41. The van der Waals surface area contributed by atoms with Gasteiger partial charge in [0, 0.05) is 24.9 Å². The van der Waals surface area contributed by atoms with Crippen LogP contribution in [0.4, 0.5) is 5.69 Å². The lowest BCUT2D eigenvalue weighted by Crippen LogP contribution is -2.24. The molecule has 0 radical (unpaired) electrons. The van der Waals surface area contributed by atoms with Crippen LogP contribution >= 0.6 is 0 Å². The number of nitrogens with two attached hydrogens (primary N) is 1. The number of rotatable bonds is 3. The summed E-state index contributed by atoms with van der Waals surface area (Å²) in [7, 11) is 1.63. The Labute approximate surface area is 88.0 Å². The highest BCUT2D eigenvalue weighted by atomic mass is 16.2. The van der Waals surface area contributed by atoms with Gasteiger partial charge in [0.05, 0.1) is 0 Å². The Morgan fingerprint density at radius 3 is 2.33 bits per heavy atom. The third kappa shape index (κ3) is 3.27. The molecule has 0 saturated heterocycles. The molecule has 0 aliphatic rings. The molecule has 4 heteroatoms. The highest BCUT2D eigenvalue weighted by molar-refractivity contribution is 6.04. The molecule has 1 aromatic carbocycles. The number of hydrogen-bond donors (Lipinski definition) is 1. The van der Waals surface area contributed by atoms with E-state index in [4.69, 9.17) is 5.73 Å². The molecule has 78 valence electrons. The lowest BCUT2D eigenvalue weighted by Gasteiger charge is -2.14. The topological polar surface area (TPSA) is 63.4 Å². The van der Waals surface area contributed by atoms with Crippen LogP contribution < -0.4 is 10.6 Å². The van der Waals surface area contributed by atoms with Crippen LogP contribution in [-0.2, 0) is 9.59 Å². The molecule has 0 saturated carbocycles. The van der Waals surface area contributed by atoms with E-state index >= 15 is 0 Å². The molecular weight excluding hydrogens is 192 g/mol. The van der Waals surface area contributed by atoms with Crippen LogP contribution in [0.2, 0.25) is 0 Å². The minimum Gasteiger partial charge on any atom is -0.366 e. The average molecular weight is 204 g/mol. The fraction of sp³-hybridized carbons (Fsp3) is 0.0909. The molecule has 0 heterocycles. The minimum atomic E-state index is -0.634. The van der Waals surface area contributed by atoms with Crippen LogP contribution in [0, 0.1) is 0 Å². The molecule has 2 N–H and O–H groups in total. The molecule has 0 fully saturated rings. The van der Waals surface area contributed by atoms with Gasteiger partial charge in [-0.3, -0.25) is 9.59 Å². The summed E-state index contributed by atoms with van der Waals surface area (Å²) in [6.07, 6.45) is 2.19. The van der Waals surface area contributed by atoms with E-state index in [9.17, 15) is 9.59 Å². The molecule has 0 aliphatic carbocycles. The van der Waals surface area contributed by atoms with Crippen LogP contribution in [0.15, 0.2) is 42.5 Å². The summed E-state index contributed by atoms with van der Waals surface area (Å²) in [6.45, 7) is 0. The number of primary amides is 1. The number of nitrogens with zero attached hydrogens (tertiary/aromatic N) is 1. The predicted molar refractivity (Wildman–Crippen MR) is 58.2 cm³/mol. The fourth-order valence-electron chi connectivity index (χ4n) is 1.04. The first-order chi connectivity index (χ1) is 7.11. The summed E-state index contributed by atoms with van der Waals surface area (Å²) in [5, 5.41) is 0. The number of likely N-dealkylation sites (N-methyl/N-ethyl adjacent to an activating group) is 1. The van der Waals surface area contributed by atoms with Gasteiger partial charge in [-0.05, 0) is 12.1 Å². The fourth-order valence-corrected chi connectivity index (χ4v) is 1.04. The van der Waals surface area contributed by atoms with Gasteiger partial charge >= 0.3 is 0 Å². The summed E-state index contributed by atoms with van der Waals surface area (Å²) >= 11 is 0. The van der Waals surface area contributed by atoms with Gasteiger partial charge in [-0.1, -0.05) is 18.2 Å². The van der Waals surface area contributed by atoms with E-state index in [1.54, 1.807) is 19.2 Å². The van der Waals surface area contributed by atoms with Crippen molar-refractivity contribution in [2.75, 3.05) is 11.9 Å². The molecule has 0 spiro atoms. The van der Waals surface area contributed by atoms with E-state index < -0.39 is 5.91 Å². The lowest BCUT2D eigenvalue weighted by molar-refractivity contribution is -0.115. The van der Waals surface area contributed by atoms with Gasteiger partial charge in [-0.15, -0.1) is 0 Å². The number of benzene rings is 1. The van der Waals surface area contributed by atoms with Crippen molar-refractivity contribution in [3.63, 3.8) is 0 Å². The van der Waals surface area contributed by atoms with E-state index in [1.807, 2.05) is 18.2 Å². The van der Waals surface area contributed by atoms with Crippen LogP contribution in [0.5, 0.6) is 0 Å². The van der Waals surface area contributed by atoms with Gasteiger partial charge in [-0.2, -0.15) is 0 Å². The van der Waals surface area contributed by atoms with Crippen molar-refractivity contribution in [1.82, 2.24) is 0 Å². The number of anilines is 1. The maximum atomic E-state index is 11.5. The molecule has 1 aromatic rings. The second-order valence-electron chi connectivity index (χ2n) is 2.97. The summed E-state index contributed by atoms with van der Waals surface area (Å²) in [5.74, 6) is -0.926. The van der Waals surface area contributed by atoms with Gasteiger partial charge in [0.15, 0.2) is 0 Å². The predicted octanol–water partition coefficient (Wildman–Crippen LogP) is 0.691. The third-order valence-corrected chi connectivity index (χ3v) is 1.86. The van der Waals surface area contributed by atoms with Crippen molar-refractivity contribution in [2.45, 2.75) is 0 Å². The first-order valence-corrected chi connectivity index (χ1v) is 4.41. The number of carbonyl (C=O) groups excluding carboxylic acids is 2. The Bertz CT molecular complexity index is 385. The van der Waals surface area contributed by atoms with Crippen molar-refractivity contribution in [2.24, 2.45) is 5.73 Å². The standard InChI is InChI=1S/C11H12N2O2/c1-13(9-5-3-2-4-6-9)11(15)8-7-10(12)14/h2-8H,1H3,(H2,12,14)/b8-7-. The molecule has 0 atom stereocenters. The average Bonchev–Trinajstić information content (AvgIpc) is 2.26. The van der Waals surface area contributed by atoms with Crippen molar-refractivity contribution >= 4 is 17.5 Å². The van der Waals surface area contributed by atoms with Gasteiger partial charge in [0.25, 0.3) is 5.91 Å². The highest BCUT2D eigenvalue weighted by Gasteiger charge is 2.06. The van der Waals surface area contributed by atoms with Crippen molar-refractivity contribution in [1.29, 1.82) is 0 Å².